The molecule has 4 aromatic rings. The van der Waals surface area contributed by atoms with Gasteiger partial charge < -0.3 is 14.4 Å². The minimum atomic E-state index is -0.624. The molecule has 0 radical (unpaired) electrons. The third kappa shape index (κ3) is 5.57. The van der Waals surface area contributed by atoms with Crippen molar-refractivity contribution in [3.63, 3.8) is 0 Å². The van der Waals surface area contributed by atoms with E-state index in [2.05, 4.69) is 20.8 Å². The maximum absolute atomic E-state index is 15.3. The first kappa shape index (κ1) is 28.0. The summed E-state index contributed by atoms with van der Waals surface area (Å²) in [5.74, 6) is -0.168. The number of methoxy groups -OCH3 is 2. The number of hydrogen-bond donors (Lipinski definition) is 0. The molecule has 0 fully saturated rings. The number of anilines is 1. The minimum absolute atomic E-state index is 0.0392. The highest BCUT2D eigenvalue weighted by atomic mass is 19.1. The largest absolute Gasteiger partial charge is 0.495 e. The van der Waals surface area contributed by atoms with Crippen molar-refractivity contribution >= 4 is 23.2 Å². The van der Waals surface area contributed by atoms with Crippen LogP contribution in [0.2, 0.25) is 0 Å². The average Bonchev–Trinajstić information content (AvgIpc) is 2.97. The maximum atomic E-state index is 15.3. The zero-order chi connectivity index (χ0) is 29.3. The fraction of sp³-hybridized carbons (Fsp3) is 0.235. The van der Waals surface area contributed by atoms with Gasteiger partial charge in [0, 0.05) is 11.1 Å². The van der Waals surface area contributed by atoms with E-state index >= 15 is 4.39 Å². The van der Waals surface area contributed by atoms with Gasteiger partial charge in [0.05, 0.1) is 32.4 Å². The quantitative estimate of drug-likeness (QED) is 0.226. The predicted molar refractivity (Wildman–Crippen MR) is 158 cm³/mol. The second-order valence-electron chi connectivity index (χ2n) is 11.0. The van der Waals surface area contributed by atoms with Crippen LogP contribution in [-0.4, -0.2) is 26.0 Å². The molecule has 7 heteroatoms. The zero-order valence-corrected chi connectivity index (χ0v) is 23.7. The van der Waals surface area contributed by atoms with Crippen LogP contribution in [0.3, 0.4) is 0 Å². The van der Waals surface area contributed by atoms with Crippen LogP contribution in [0, 0.1) is 11.6 Å². The van der Waals surface area contributed by atoms with Crippen LogP contribution < -0.4 is 9.64 Å². The molecule has 0 aromatic heterocycles. The number of halogens is 2. The smallest absolute Gasteiger partial charge is 0.307 e. The molecule has 4 aromatic carbocycles. The molecule has 0 saturated carbocycles. The Bertz CT molecular complexity index is 1610. The average molecular weight is 555 g/mol. The number of para-hydroxylation sites is 1. The number of nitrogens with zero attached hydrogens (tertiary/aromatic N) is 2. The topological polar surface area (TPSA) is 51.1 Å². The van der Waals surface area contributed by atoms with Crippen molar-refractivity contribution in [1.82, 2.24) is 0 Å². The molecule has 0 saturated heterocycles. The molecule has 41 heavy (non-hydrogen) atoms. The van der Waals surface area contributed by atoms with Gasteiger partial charge in [-0.25, -0.2) is 13.8 Å². The summed E-state index contributed by atoms with van der Waals surface area (Å²) in [7, 11) is 2.93. The molecule has 0 aliphatic carbocycles. The fourth-order valence-electron chi connectivity index (χ4n) is 5.09. The Balaban J connectivity index is 1.74. The lowest BCUT2D eigenvalue weighted by Crippen LogP contribution is -2.39. The van der Waals surface area contributed by atoms with E-state index in [-0.39, 0.29) is 23.3 Å². The molecule has 0 spiro atoms. The number of carbonyl (C=O) groups is 1. The summed E-state index contributed by atoms with van der Waals surface area (Å²) in [6.07, 6.45) is -0.0392. The number of benzene rings is 4. The van der Waals surface area contributed by atoms with E-state index in [9.17, 15) is 9.18 Å². The second kappa shape index (κ2) is 11.2. The molecule has 0 amide bonds. The first-order chi connectivity index (χ1) is 19.6. The standard InChI is InChI=1S/C34H32F2N2O3/c1-34(2,3)24-15-18-30(40-4)29(19-24)38-28(20-31(39)41-5)26-7-6-8-27(36)32(26)37-33(38)23-11-9-21(10-12-23)22-13-16-25(35)17-14-22/h6-19,28H,20H2,1-5H3. The van der Waals surface area contributed by atoms with Gasteiger partial charge in [-0.3, -0.25) is 4.79 Å². The lowest BCUT2D eigenvalue weighted by molar-refractivity contribution is -0.141. The van der Waals surface area contributed by atoms with Crippen molar-refractivity contribution in [2.75, 3.05) is 19.1 Å². The fourth-order valence-corrected chi connectivity index (χ4v) is 5.09. The molecule has 0 bridgehead atoms. The van der Waals surface area contributed by atoms with E-state index in [1.165, 1.54) is 25.3 Å². The Morgan fingerprint density at radius 3 is 2.12 bits per heavy atom. The highest BCUT2D eigenvalue weighted by Gasteiger charge is 2.37. The van der Waals surface area contributed by atoms with Crippen LogP contribution >= 0.6 is 0 Å². The van der Waals surface area contributed by atoms with Crippen molar-refractivity contribution in [3.8, 4) is 16.9 Å². The molecule has 1 unspecified atom stereocenters. The Morgan fingerprint density at radius 1 is 0.878 bits per heavy atom. The van der Waals surface area contributed by atoms with E-state index in [1.807, 2.05) is 47.4 Å². The van der Waals surface area contributed by atoms with Crippen LogP contribution in [0.1, 0.15) is 49.9 Å². The zero-order valence-electron chi connectivity index (χ0n) is 23.7. The molecule has 5 nitrogen and oxygen atoms in total. The number of carbonyl (C=O) groups excluding carboxylic acids is 1. The molecule has 1 aliphatic rings. The highest BCUT2D eigenvalue weighted by Crippen LogP contribution is 2.46. The summed E-state index contributed by atoms with van der Waals surface area (Å²) in [5.41, 5.74) is 4.80. The van der Waals surface area contributed by atoms with Crippen molar-refractivity contribution < 1.29 is 23.0 Å². The summed E-state index contributed by atoms with van der Waals surface area (Å²) in [5, 5.41) is 0. The summed E-state index contributed by atoms with van der Waals surface area (Å²) in [4.78, 5) is 19.6. The third-order valence-electron chi connectivity index (χ3n) is 7.35. The van der Waals surface area contributed by atoms with Gasteiger partial charge in [0.1, 0.15) is 28.9 Å². The van der Waals surface area contributed by atoms with Crippen molar-refractivity contribution in [2.24, 2.45) is 4.99 Å². The second-order valence-corrected chi connectivity index (χ2v) is 11.0. The van der Waals surface area contributed by atoms with E-state index in [1.54, 1.807) is 31.4 Å². The number of aliphatic imine (C=N–C) groups is 1. The van der Waals surface area contributed by atoms with Crippen LogP contribution in [0.5, 0.6) is 5.75 Å². The monoisotopic (exact) mass is 554 g/mol. The van der Waals surface area contributed by atoms with Gasteiger partial charge in [-0.2, -0.15) is 0 Å². The van der Waals surface area contributed by atoms with E-state index in [0.717, 1.165) is 16.7 Å². The van der Waals surface area contributed by atoms with Gasteiger partial charge in [0.15, 0.2) is 0 Å². The van der Waals surface area contributed by atoms with Gasteiger partial charge in [-0.05, 0) is 52.4 Å². The third-order valence-corrected chi connectivity index (χ3v) is 7.35. The van der Waals surface area contributed by atoms with E-state index < -0.39 is 17.8 Å². The summed E-state index contributed by atoms with van der Waals surface area (Å²) < 4.78 is 39.6. The van der Waals surface area contributed by atoms with Gasteiger partial charge in [0.2, 0.25) is 0 Å². The Morgan fingerprint density at radius 2 is 1.51 bits per heavy atom. The number of rotatable bonds is 6. The van der Waals surface area contributed by atoms with Crippen LogP contribution in [-0.2, 0) is 14.9 Å². The molecule has 1 heterocycles. The number of hydrogen-bond acceptors (Lipinski definition) is 5. The Labute approximate surface area is 239 Å². The van der Waals surface area contributed by atoms with Gasteiger partial charge >= 0.3 is 5.97 Å². The van der Waals surface area contributed by atoms with Crippen LogP contribution in [0.15, 0.2) is 89.9 Å². The normalized spacial score (nSPS) is 14.8. The van der Waals surface area contributed by atoms with Crippen LogP contribution in [0.4, 0.5) is 20.2 Å². The first-order valence-corrected chi connectivity index (χ1v) is 13.4. The lowest BCUT2D eigenvalue weighted by atomic mass is 9.86. The molecular formula is C34H32F2N2O3. The molecular weight excluding hydrogens is 522 g/mol. The van der Waals surface area contributed by atoms with E-state index in [0.29, 0.717) is 28.4 Å². The number of ether oxygens (including phenoxy) is 2. The van der Waals surface area contributed by atoms with Gasteiger partial charge in [-0.15, -0.1) is 0 Å². The van der Waals surface area contributed by atoms with Crippen molar-refractivity contribution in [3.05, 3.63) is 113 Å². The molecule has 5 rings (SSSR count). The number of esters is 1. The first-order valence-electron chi connectivity index (χ1n) is 13.4. The molecule has 210 valence electrons. The van der Waals surface area contributed by atoms with Gasteiger partial charge in [0.25, 0.3) is 0 Å². The maximum Gasteiger partial charge on any atom is 0.307 e. The van der Waals surface area contributed by atoms with Crippen molar-refractivity contribution in [2.45, 2.75) is 38.6 Å². The summed E-state index contributed by atoms with van der Waals surface area (Å²) in [6, 6.07) is 24.0. The molecule has 0 N–H and O–H groups in total. The predicted octanol–water partition coefficient (Wildman–Crippen LogP) is 8.14. The molecule has 1 aliphatic heterocycles. The SMILES string of the molecule is COC(=O)CC1c2cccc(F)c2N=C(c2ccc(-c3ccc(F)cc3)cc2)N1c1cc(C(C)(C)C)ccc1OC. The molecule has 1 atom stereocenters. The Hall–Kier alpha value is -4.52. The highest BCUT2D eigenvalue weighted by molar-refractivity contribution is 6.14. The van der Waals surface area contributed by atoms with E-state index in [4.69, 9.17) is 14.5 Å². The van der Waals surface area contributed by atoms with Crippen molar-refractivity contribution in [1.29, 1.82) is 0 Å². The van der Waals surface area contributed by atoms with Gasteiger partial charge in [-0.1, -0.05) is 75.4 Å². The lowest BCUT2D eigenvalue weighted by Gasteiger charge is -2.39. The summed E-state index contributed by atoms with van der Waals surface area (Å²) in [6.45, 7) is 6.36. The Kier molecular flexibility index (Phi) is 7.63. The number of fused-ring (bicyclic) bond motifs is 1. The summed E-state index contributed by atoms with van der Waals surface area (Å²) >= 11 is 0. The minimum Gasteiger partial charge on any atom is -0.495 e. The number of amidine groups is 1. The van der Waals surface area contributed by atoms with Crippen LogP contribution in [0.25, 0.3) is 11.1 Å².